The van der Waals surface area contributed by atoms with Crippen LogP contribution in [0, 0.1) is 0 Å². The second-order valence-corrected chi connectivity index (χ2v) is 5.22. The summed E-state index contributed by atoms with van der Waals surface area (Å²) in [5.74, 6) is 1.74. The van der Waals surface area contributed by atoms with Crippen molar-refractivity contribution in [3.8, 4) is 5.75 Å². The van der Waals surface area contributed by atoms with E-state index in [1.165, 1.54) is 0 Å². The number of hydrogen-bond acceptors (Lipinski definition) is 3. The van der Waals surface area contributed by atoms with Gasteiger partial charge in [-0.1, -0.05) is 0 Å². The molecule has 0 atom stereocenters. The molecule has 96 valence electrons. The fraction of sp³-hybridized carbons (Fsp3) is 0.231. The van der Waals surface area contributed by atoms with Crippen molar-refractivity contribution in [2.75, 3.05) is 11.9 Å². The first-order chi connectivity index (χ1) is 8.69. The first-order valence-corrected chi connectivity index (χ1v) is 7.18. The maximum absolute atomic E-state index is 5.48. The molecule has 0 amide bonds. The van der Waals surface area contributed by atoms with Crippen molar-refractivity contribution in [3.05, 3.63) is 45.2 Å². The first-order valence-electron chi connectivity index (χ1n) is 5.59. The maximum Gasteiger partial charge on any atom is 0.183 e. The summed E-state index contributed by atoms with van der Waals surface area (Å²) in [4.78, 5) is 0. The molecule has 0 saturated carbocycles. The highest BCUT2D eigenvalue weighted by Gasteiger charge is 2.05. The number of hydrogen-bond donors (Lipinski definition) is 1. The lowest BCUT2D eigenvalue weighted by atomic mass is 10.3. The number of rotatable bonds is 5. The van der Waals surface area contributed by atoms with Gasteiger partial charge in [0.05, 0.1) is 17.6 Å². The minimum absolute atomic E-state index is 0.637. The van der Waals surface area contributed by atoms with Gasteiger partial charge >= 0.3 is 0 Å². The van der Waals surface area contributed by atoms with Gasteiger partial charge in [-0.15, -0.1) is 0 Å². The summed E-state index contributed by atoms with van der Waals surface area (Å²) in [5, 5.41) is 3.28. The maximum atomic E-state index is 5.48. The fourth-order valence-corrected chi connectivity index (χ4v) is 2.16. The van der Waals surface area contributed by atoms with Gasteiger partial charge in [-0.2, -0.15) is 0 Å². The first kappa shape index (κ1) is 13.5. The Bertz CT molecular complexity index is 489. The van der Waals surface area contributed by atoms with Gasteiger partial charge in [0, 0.05) is 5.69 Å². The third kappa shape index (κ3) is 3.53. The summed E-state index contributed by atoms with van der Waals surface area (Å²) in [7, 11) is 0. The van der Waals surface area contributed by atoms with E-state index in [-0.39, 0.29) is 0 Å². The van der Waals surface area contributed by atoms with Crippen LogP contribution in [0.3, 0.4) is 0 Å². The standard InChI is InChI=1S/C13H13Br2NO2/c1-2-17-10-5-3-9(4-6-10)16-8-11-7-12(14)13(15)18-11/h3-7,16H,2,8H2,1H3. The molecular formula is C13H13Br2NO2. The van der Waals surface area contributed by atoms with E-state index in [0.717, 1.165) is 21.7 Å². The molecule has 1 aromatic carbocycles. The molecule has 0 spiro atoms. The van der Waals surface area contributed by atoms with Gasteiger partial charge in [-0.05, 0) is 69.1 Å². The van der Waals surface area contributed by atoms with Crippen LogP contribution in [-0.4, -0.2) is 6.61 Å². The third-order valence-electron chi connectivity index (χ3n) is 2.33. The Balaban J connectivity index is 1.93. The SMILES string of the molecule is CCOc1ccc(NCc2cc(Br)c(Br)o2)cc1. The number of furan rings is 1. The second kappa shape index (κ2) is 6.29. The smallest absolute Gasteiger partial charge is 0.183 e. The lowest BCUT2D eigenvalue weighted by Gasteiger charge is -2.06. The third-order valence-corrected chi connectivity index (χ3v) is 4.04. The predicted octanol–water partition coefficient (Wildman–Crippen LogP) is 4.82. The Morgan fingerprint density at radius 3 is 2.50 bits per heavy atom. The van der Waals surface area contributed by atoms with Crippen molar-refractivity contribution >= 4 is 37.5 Å². The van der Waals surface area contributed by atoms with Gasteiger partial charge in [0.2, 0.25) is 0 Å². The zero-order valence-electron chi connectivity index (χ0n) is 9.87. The number of benzene rings is 1. The molecule has 0 fully saturated rings. The van der Waals surface area contributed by atoms with Gasteiger partial charge in [0.15, 0.2) is 4.67 Å². The zero-order chi connectivity index (χ0) is 13.0. The molecule has 0 radical (unpaired) electrons. The van der Waals surface area contributed by atoms with Crippen LogP contribution in [0.2, 0.25) is 0 Å². The van der Waals surface area contributed by atoms with Crippen LogP contribution in [0.25, 0.3) is 0 Å². The van der Waals surface area contributed by atoms with Crippen LogP contribution in [0.4, 0.5) is 5.69 Å². The minimum atomic E-state index is 0.637. The molecule has 0 saturated heterocycles. The van der Waals surface area contributed by atoms with Gasteiger partial charge in [-0.25, -0.2) is 0 Å². The topological polar surface area (TPSA) is 34.4 Å². The van der Waals surface area contributed by atoms with Crippen LogP contribution in [0.15, 0.2) is 43.9 Å². The zero-order valence-corrected chi connectivity index (χ0v) is 13.0. The largest absolute Gasteiger partial charge is 0.494 e. The Morgan fingerprint density at radius 2 is 1.94 bits per heavy atom. The van der Waals surface area contributed by atoms with E-state index in [0.29, 0.717) is 17.8 Å². The van der Waals surface area contributed by atoms with Gasteiger partial charge in [0.25, 0.3) is 0 Å². The Hall–Kier alpha value is -0.940. The normalized spacial score (nSPS) is 10.4. The van der Waals surface area contributed by atoms with E-state index >= 15 is 0 Å². The Labute approximate surface area is 123 Å². The number of ether oxygens (including phenoxy) is 1. The Kier molecular flexibility index (Phi) is 4.72. The number of anilines is 1. The molecule has 0 aliphatic carbocycles. The van der Waals surface area contributed by atoms with E-state index < -0.39 is 0 Å². The Morgan fingerprint density at radius 1 is 1.22 bits per heavy atom. The molecular weight excluding hydrogens is 362 g/mol. The fourth-order valence-electron chi connectivity index (χ4n) is 1.50. The van der Waals surface area contributed by atoms with Crippen molar-refractivity contribution in [2.45, 2.75) is 13.5 Å². The molecule has 3 nitrogen and oxygen atoms in total. The van der Waals surface area contributed by atoms with Gasteiger partial charge in [0.1, 0.15) is 11.5 Å². The average Bonchev–Trinajstić information content (AvgIpc) is 2.68. The second-order valence-electron chi connectivity index (χ2n) is 3.65. The van der Waals surface area contributed by atoms with E-state index in [4.69, 9.17) is 9.15 Å². The lowest BCUT2D eigenvalue weighted by molar-refractivity contribution is 0.340. The highest BCUT2D eigenvalue weighted by Crippen LogP contribution is 2.27. The van der Waals surface area contributed by atoms with Crippen LogP contribution < -0.4 is 10.1 Å². The summed E-state index contributed by atoms with van der Waals surface area (Å²) in [6.45, 7) is 3.29. The average molecular weight is 375 g/mol. The molecule has 5 heteroatoms. The van der Waals surface area contributed by atoms with Crippen molar-refractivity contribution in [2.24, 2.45) is 0 Å². The highest BCUT2D eigenvalue weighted by molar-refractivity contribution is 9.13. The van der Waals surface area contributed by atoms with Crippen LogP contribution in [0.5, 0.6) is 5.75 Å². The van der Waals surface area contributed by atoms with Gasteiger partial charge in [-0.3, -0.25) is 0 Å². The predicted molar refractivity (Wildman–Crippen MR) is 79.0 cm³/mol. The molecule has 1 aromatic heterocycles. The van der Waals surface area contributed by atoms with Crippen molar-refractivity contribution in [1.29, 1.82) is 0 Å². The number of nitrogens with one attached hydrogen (secondary N) is 1. The van der Waals surface area contributed by atoms with E-state index in [1.807, 2.05) is 37.3 Å². The summed E-state index contributed by atoms with van der Waals surface area (Å²) in [6, 6.07) is 9.79. The summed E-state index contributed by atoms with van der Waals surface area (Å²) in [5.41, 5.74) is 1.03. The summed E-state index contributed by atoms with van der Waals surface area (Å²) in [6.07, 6.45) is 0. The molecule has 1 N–H and O–H groups in total. The van der Waals surface area contributed by atoms with Crippen LogP contribution in [-0.2, 0) is 6.54 Å². The molecule has 2 aromatic rings. The van der Waals surface area contributed by atoms with Crippen LogP contribution >= 0.6 is 31.9 Å². The summed E-state index contributed by atoms with van der Waals surface area (Å²) < 4.78 is 12.5. The van der Waals surface area contributed by atoms with Crippen molar-refractivity contribution in [1.82, 2.24) is 0 Å². The summed E-state index contributed by atoms with van der Waals surface area (Å²) >= 11 is 6.70. The molecule has 1 heterocycles. The van der Waals surface area contributed by atoms with E-state index in [9.17, 15) is 0 Å². The van der Waals surface area contributed by atoms with E-state index in [1.54, 1.807) is 0 Å². The monoisotopic (exact) mass is 373 g/mol. The molecule has 2 rings (SSSR count). The van der Waals surface area contributed by atoms with E-state index in [2.05, 4.69) is 37.2 Å². The van der Waals surface area contributed by atoms with Crippen molar-refractivity contribution < 1.29 is 9.15 Å². The highest BCUT2D eigenvalue weighted by atomic mass is 79.9. The molecule has 0 aliphatic heterocycles. The van der Waals surface area contributed by atoms with Crippen LogP contribution in [0.1, 0.15) is 12.7 Å². The molecule has 0 bridgehead atoms. The molecule has 0 aliphatic rings. The molecule has 18 heavy (non-hydrogen) atoms. The van der Waals surface area contributed by atoms with Gasteiger partial charge < -0.3 is 14.5 Å². The number of halogens is 2. The minimum Gasteiger partial charge on any atom is -0.494 e. The van der Waals surface area contributed by atoms with Crippen molar-refractivity contribution in [3.63, 3.8) is 0 Å². The lowest BCUT2D eigenvalue weighted by Crippen LogP contribution is -1.98. The quantitative estimate of drug-likeness (QED) is 0.814. The molecule has 0 unspecified atom stereocenters.